The number of H-pyrrole nitrogens is 2. The van der Waals surface area contributed by atoms with E-state index in [1.807, 2.05) is 24.3 Å². The molecule has 4 heteroatoms. The summed E-state index contributed by atoms with van der Waals surface area (Å²) in [4.78, 5) is 27.4. The zero-order valence-electron chi connectivity index (χ0n) is 8.91. The summed E-state index contributed by atoms with van der Waals surface area (Å²) < 4.78 is 0. The van der Waals surface area contributed by atoms with E-state index in [0.717, 1.165) is 11.1 Å². The number of nitrogens with one attached hydrogen (secondary N) is 2. The topological polar surface area (TPSA) is 65.7 Å². The highest BCUT2D eigenvalue weighted by Crippen LogP contribution is 2.20. The Kier molecular flexibility index (Phi) is 2.72. The van der Waals surface area contributed by atoms with Crippen LogP contribution in [0.3, 0.4) is 0 Å². The van der Waals surface area contributed by atoms with Gasteiger partial charge in [-0.15, -0.1) is 0 Å². The van der Waals surface area contributed by atoms with E-state index >= 15 is 0 Å². The third kappa shape index (κ3) is 2.11. The van der Waals surface area contributed by atoms with E-state index in [0.29, 0.717) is 12.1 Å². The first-order valence-corrected chi connectivity index (χ1v) is 5.02. The zero-order valence-corrected chi connectivity index (χ0v) is 8.91. The van der Waals surface area contributed by atoms with Gasteiger partial charge in [0, 0.05) is 18.2 Å². The number of carbonyl (C=O) groups excluding carboxylic acids is 1. The molecule has 0 bridgehead atoms. The Bertz CT molecular complexity index is 566. The SMILES string of the molecule is CC(=O)Cc1ccccc1-c1c[nH]c(=O)[nH]1. The Morgan fingerprint density at radius 3 is 2.69 bits per heavy atom. The number of hydrogen-bond donors (Lipinski definition) is 2. The average Bonchev–Trinajstić information content (AvgIpc) is 2.65. The Balaban J connectivity index is 2.47. The molecule has 1 heterocycles. The van der Waals surface area contributed by atoms with Crippen molar-refractivity contribution in [1.82, 2.24) is 9.97 Å². The molecule has 4 nitrogen and oxygen atoms in total. The number of rotatable bonds is 3. The summed E-state index contributed by atoms with van der Waals surface area (Å²) in [7, 11) is 0. The first kappa shape index (κ1) is 10.4. The predicted molar refractivity (Wildman–Crippen MR) is 61.2 cm³/mol. The lowest BCUT2D eigenvalue weighted by atomic mass is 10.0. The van der Waals surface area contributed by atoms with E-state index in [9.17, 15) is 9.59 Å². The molecule has 2 N–H and O–H groups in total. The summed E-state index contributed by atoms with van der Waals surface area (Å²) >= 11 is 0. The molecule has 2 aromatic rings. The van der Waals surface area contributed by atoms with Crippen molar-refractivity contribution in [1.29, 1.82) is 0 Å². The molecule has 0 spiro atoms. The Morgan fingerprint density at radius 2 is 2.06 bits per heavy atom. The van der Waals surface area contributed by atoms with Crippen molar-refractivity contribution >= 4 is 5.78 Å². The Hall–Kier alpha value is -2.10. The van der Waals surface area contributed by atoms with Crippen molar-refractivity contribution < 1.29 is 4.79 Å². The van der Waals surface area contributed by atoms with Gasteiger partial charge in [0.2, 0.25) is 0 Å². The molecule has 0 amide bonds. The molecule has 0 radical (unpaired) electrons. The molecule has 0 aliphatic heterocycles. The fourth-order valence-corrected chi connectivity index (χ4v) is 1.68. The third-order valence-electron chi connectivity index (χ3n) is 2.34. The first-order valence-electron chi connectivity index (χ1n) is 5.02. The van der Waals surface area contributed by atoms with Crippen LogP contribution in [0.25, 0.3) is 11.3 Å². The predicted octanol–water partition coefficient (Wildman–Crippen LogP) is 1.50. The highest BCUT2D eigenvalue weighted by Gasteiger charge is 2.07. The van der Waals surface area contributed by atoms with Crippen molar-refractivity contribution in [3.63, 3.8) is 0 Å². The van der Waals surface area contributed by atoms with Gasteiger partial charge in [-0.2, -0.15) is 0 Å². The van der Waals surface area contributed by atoms with Gasteiger partial charge in [0.05, 0.1) is 5.69 Å². The zero-order chi connectivity index (χ0) is 11.5. The molecule has 0 atom stereocenters. The lowest BCUT2D eigenvalue weighted by Crippen LogP contribution is -2.01. The maximum absolute atomic E-state index is 11.1. The summed E-state index contributed by atoms with van der Waals surface area (Å²) in [5, 5.41) is 0. The van der Waals surface area contributed by atoms with Crippen molar-refractivity contribution in [2.75, 3.05) is 0 Å². The van der Waals surface area contributed by atoms with Crippen molar-refractivity contribution in [3.05, 3.63) is 46.5 Å². The number of Topliss-reactive ketones (excluding diaryl/α,β-unsaturated/α-hetero) is 1. The largest absolute Gasteiger partial charge is 0.323 e. The van der Waals surface area contributed by atoms with Crippen LogP contribution >= 0.6 is 0 Å². The molecule has 0 aliphatic carbocycles. The maximum atomic E-state index is 11.1. The van der Waals surface area contributed by atoms with Crippen LogP contribution in [0.4, 0.5) is 0 Å². The highest BCUT2D eigenvalue weighted by atomic mass is 16.1. The van der Waals surface area contributed by atoms with Crippen LogP contribution in [0, 0.1) is 0 Å². The quantitative estimate of drug-likeness (QED) is 0.816. The lowest BCUT2D eigenvalue weighted by molar-refractivity contribution is -0.116. The van der Waals surface area contributed by atoms with Crippen molar-refractivity contribution in [2.45, 2.75) is 13.3 Å². The molecule has 82 valence electrons. The summed E-state index contributed by atoms with van der Waals surface area (Å²) in [5.41, 5.74) is 2.27. The van der Waals surface area contributed by atoms with E-state index in [1.54, 1.807) is 13.1 Å². The standard InChI is InChI=1S/C12H12N2O2/c1-8(15)6-9-4-2-3-5-10(9)11-7-13-12(16)14-11/h2-5,7H,6H2,1H3,(H2,13,14,16). The number of aromatic nitrogens is 2. The van der Waals surface area contributed by atoms with E-state index in [4.69, 9.17) is 0 Å². The summed E-state index contributed by atoms with van der Waals surface area (Å²) in [6, 6.07) is 7.54. The Labute approximate surface area is 92.3 Å². The Morgan fingerprint density at radius 1 is 1.31 bits per heavy atom. The van der Waals surface area contributed by atoms with Gasteiger partial charge in [-0.05, 0) is 12.5 Å². The molecule has 0 fully saturated rings. The second-order valence-electron chi connectivity index (χ2n) is 3.69. The normalized spacial score (nSPS) is 10.3. The van der Waals surface area contributed by atoms with Crippen LogP contribution in [-0.4, -0.2) is 15.8 Å². The number of hydrogen-bond acceptors (Lipinski definition) is 2. The second kappa shape index (κ2) is 4.18. The molecule has 16 heavy (non-hydrogen) atoms. The molecular weight excluding hydrogens is 204 g/mol. The van der Waals surface area contributed by atoms with Gasteiger partial charge in [0.25, 0.3) is 0 Å². The fraction of sp³-hybridized carbons (Fsp3) is 0.167. The monoisotopic (exact) mass is 216 g/mol. The van der Waals surface area contributed by atoms with Gasteiger partial charge < -0.3 is 9.97 Å². The summed E-state index contributed by atoms with van der Waals surface area (Å²) in [5.74, 6) is 0.102. The van der Waals surface area contributed by atoms with Crippen LogP contribution in [0.1, 0.15) is 12.5 Å². The van der Waals surface area contributed by atoms with Crippen LogP contribution in [0.2, 0.25) is 0 Å². The van der Waals surface area contributed by atoms with Crippen molar-refractivity contribution in [3.8, 4) is 11.3 Å². The first-order chi connectivity index (χ1) is 7.66. The van der Waals surface area contributed by atoms with E-state index in [-0.39, 0.29) is 11.5 Å². The molecule has 2 rings (SSSR count). The smallest absolute Gasteiger partial charge is 0.312 e. The van der Waals surface area contributed by atoms with Crippen molar-refractivity contribution in [2.24, 2.45) is 0 Å². The number of carbonyl (C=O) groups is 1. The van der Waals surface area contributed by atoms with Gasteiger partial charge in [-0.3, -0.25) is 4.79 Å². The summed E-state index contributed by atoms with van der Waals surface area (Å²) in [6.45, 7) is 1.55. The number of ketones is 1. The fourth-order valence-electron chi connectivity index (χ4n) is 1.68. The minimum atomic E-state index is -0.243. The van der Waals surface area contributed by atoms with Gasteiger partial charge >= 0.3 is 5.69 Å². The molecule has 1 aromatic carbocycles. The molecule has 0 unspecified atom stereocenters. The average molecular weight is 216 g/mol. The minimum absolute atomic E-state index is 0.102. The van der Waals surface area contributed by atoms with Gasteiger partial charge in [0.1, 0.15) is 5.78 Å². The third-order valence-corrected chi connectivity index (χ3v) is 2.34. The van der Waals surface area contributed by atoms with Gasteiger partial charge in [-0.1, -0.05) is 24.3 Å². The second-order valence-corrected chi connectivity index (χ2v) is 3.69. The van der Waals surface area contributed by atoms with Gasteiger partial charge in [-0.25, -0.2) is 4.79 Å². The lowest BCUT2D eigenvalue weighted by Gasteiger charge is -2.05. The molecule has 0 aliphatic rings. The van der Waals surface area contributed by atoms with Crippen LogP contribution in [0.5, 0.6) is 0 Å². The number of benzene rings is 1. The highest BCUT2D eigenvalue weighted by molar-refractivity contribution is 5.81. The molecule has 0 saturated carbocycles. The molecule has 0 saturated heterocycles. The van der Waals surface area contributed by atoms with E-state index in [2.05, 4.69) is 9.97 Å². The van der Waals surface area contributed by atoms with Crippen LogP contribution < -0.4 is 5.69 Å². The maximum Gasteiger partial charge on any atom is 0.323 e. The minimum Gasteiger partial charge on any atom is -0.312 e. The number of aromatic amines is 2. The van der Waals surface area contributed by atoms with E-state index < -0.39 is 0 Å². The molecular formula is C12H12N2O2. The van der Waals surface area contributed by atoms with Crippen LogP contribution in [0.15, 0.2) is 35.3 Å². The molecule has 1 aromatic heterocycles. The van der Waals surface area contributed by atoms with E-state index in [1.165, 1.54) is 0 Å². The number of imidazole rings is 1. The van der Waals surface area contributed by atoms with Gasteiger partial charge in [0.15, 0.2) is 0 Å². The summed E-state index contributed by atoms with van der Waals surface area (Å²) in [6.07, 6.45) is 1.99. The van der Waals surface area contributed by atoms with Crippen LogP contribution in [-0.2, 0) is 11.2 Å².